The smallest absolute Gasteiger partial charge is 0.291 e. The van der Waals surface area contributed by atoms with Crippen molar-refractivity contribution in [1.29, 1.82) is 0 Å². The molecule has 2 fully saturated rings. The van der Waals surface area contributed by atoms with Gasteiger partial charge in [0.05, 0.1) is 6.26 Å². The number of rotatable bonds is 3. The third kappa shape index (κ3) is 3.16. The lowest BCUT2D eigenvalue weighted by Gasteiger charge is -2.42. The number of piperidine rings is 2. The highest BCUT2D eigenvalue weighted by Gasteiger charge is 2.31. The summed E-state index contributed by atoms with van der Waals surface area (Å²) in [6.45, 7) is 2.48. The number of hydrogen-bond donors (Lipinski definition) is 2. The summed E-state index contributed by atoms with van der Waals surface area (Å²) in [5, 5.41) is 4.17. The monoisotopic (exact) mass is 363 g/mol. The fraction of sp³-hybridized carbons (Fsp3) is 0.409. The largest absolute Gasteiger partial charge is 0.459 e. The molecule has 2 N–H and O–H groups in total. The van der Waals surface area contributed by atoms with E-state index in [-0.39, 0.29) is 5.91 Å². The van der Waals surface area contributed by atoms with Crippen molar-refractivity contribution in [3.8, 4) is 0 Å². The van der Waals surface area contributed by atoms with Gasteiger partial charge in [0.15, 0.2) is 5.76 Å². The summed E-state index contributed by atoms with van der Waals surface area (Å²) in [5.41, 5.74) is 3.33. The van der Waals surface area contributed by atoms with E-state index >= 15 is 0 Å². The van der Waals surface area contributed by atoms with Crippen LogP contribution in [0.25, 0.3) is 10.9 Å². The van der Waals surface area contributed by atoms with Crippen LogP contribution >= 0.6 is 0 Å². The van der Waals surface area contributed by atoms with Crippen LogP contribution in [0.4, 0.5) is 5.69 Å². The molecular formula is C22H25N3O2. The number of furan rings is 1. The molecule has 27 heavy (non-hydrogen) atoms. The van der Waals surface area contributed by atoms with E-state index in [1.807, 2.05) is 12.1 Å². The van der Waals surface area contributed by atoms with Crippen molar-refractivity contribution in [3.63, 3.8) is 0 Å². The highest BCUT2D eigenvalue weighted by molar-refractivity contribution is 6.03. The summed E-state index contributed by atoms with van der Waals surface area (Å²) in [4.78, 5) is 18.4. The number of carbonyl (C=O) groups is 1. The Kier molecular flexibility index (Phi) is 4.24. The van der Waals surface area contributed by atoms with Gasteiger partial charge in [-0.3, -0.25) is 4.79 Å². The summed E-state index contributed by atoms with van der Waals surface area (Å²) < 4.78 is 5.19. The van der Waals surface area contributed by atoms with Gasteiger partial charge in [-0.25, -0.2) is 0 Å². The van der Waals surface area contributed by atoms with Gasteiger partial charge in [0.2, 0.25) is 0 Å². The van der Waals surface area contributed by atoms with Crippen LogP contribution in [0.5, 0.6) is 0 Å². The van der Waals surface area contributed by atoms with Crippen molar-refractivity contribution < 1.29 is 9.21 Å². The molecule has 0 spiro atoms. The number of anilines is 1. The first kappa shape index (κ1) is 16.6. The lowest BCUT2D eigenvalue weighted by atomic mass is 9.82. The second-order valence-corrected chi connectivity index (χ2v) is 7.84. The van der Waals surface area contributed by atoms with Crippen LogP contribution in [0.1, 0.15) is 54.1 Å². The Balaban J connectivity index is 1.39. The highest BCUT2D eigenvalue weighted by Crippen LogP contribution is 2.38. The molecule has 0 aliphatic carbocycles. The molecule has 140 valence electrons. The first-order valence-corrected chi connectivity index (χ1v) is 9.98. The average Bonchev–Trinajstić information content (AvgIpc) is 3.37. The third-order valence-electron chi connectivity index (χ3n) is 6.23. The minimum absolute atomic E-state index is 0.216. The molecule has 2 unspecified atom stereocenters. The maximum Gasteiger partial charge on any atom is 0.291 e. The maximum atomic E-state index is 12.3. The number of nitrogens with one attached hydrogen (secondary N) is 2. The van der Waals surface area contributed by atoms with Crippen molar-refractivity contribution >= 4 is 22.5 Å². The summed E-state index contributed by atoms with van der Waals surface area (Å²) in [6.07, 6.45) is 10.2. The average molecular weight is 363 g/mol. The Bertz CT molecular complexity index is 944. The van der Waals surface area contributed by atoms with Gasteiger partial charge in [0, 0.05) is 28.8 Å². The first-order valence-electron chi connectivity index (χ1n) is 9.98. The number of fused-ring (bicyclic) bond motifs is 2. The molecule has 5 rings (SSSR count). The van der Waals surface area contributed by atoms with Crippen molar-refractivity contribution in [2.45, 2.75) is 44.1 Å². The summed E-state index contributed by atoms with van der Waals surface area (Å²) >= 11 is 0. The Morgan fingerprint density at radius 3 is 3.04 bits per heavy atom. The molecule has 1 amide bonds. The summed E-state index contributed by atoms with van der Waals surface area (Å²) in [7, 11) is 0. The minimum atomic E-state index is -0.216. The van der Waals surface area contributed by atoms with Gasteiger partial charge >= 0.3 is 0 Å². The Hall–Kier alpha value is -2.53. The number of aromatic amines is 1. The molecule has 0 bridgehead atoms. The number of nitrogens with zero attached hydrogens (tertiary/aromatic N) is 1. The highest BCUT2D eigenvalue weighted by atomic mass is 16.3. The van der Waals surface area contributed by atoms with E-state index in [1.165, 1.54) is 62.4 Å². The topological polar surface area (TPSA) is 61.3 Å². The third-order valence-corrected chi connectivity index (χ3v) is 6.23. The van der Waals surface area contributed by atoms with Crippen molar-refractivity contribution in [3.05, 3.63) is 54.1 Å². The van der Waals surface area contributed by atoms with Crippen LogP contribution < -0.4 is 5.32 Å². The Morgan fingerprint density at radius 2 is 2.15 bits per heavy atom. The fourth-order valence-corrected chi connectivity index (χ4v) is 4.83. The molecule has 0 radical (unpaired) electrons. The molecule has 5 nitrogen and oxygen atoms in total. The summed E-state index contributed by atoms with van der Waals surface area (Å²) in [5.74, 6) is 0.704. The van der Waals surface area contributed by atoms with Crippen LogP contribution in [0.2, 0.25) is 0 Å². The number of carbonyl (C=O) groups excluding carboxylic acids is 1. The van der Waals surface area contributed by atoms with Gasteiger partial charge in [-0.2, -0.15) is 0 Å². The van der Waals surface area contributed by atoms with Gasteiger partial charge < -0.3 is 19.6 Å². The van der Waals surface area contributed by atoms with Gasteiger partial charge in [-0.1, -0.05) is 6.42 Å². The second-order valence-electron chi connectivity index (χ2n) is 7.84. The standard InChI is InChI=1S/C22H25N3O2/c26-22(21-5-3-11-27-21)24-16-6-7-20-18(13-16)19(14-23-20)15-8-10-25-9-2-1-4-17(25)12-15/h3,5-7,11,13-15,17,23H,1-2,4,8-10,12H2,(H,24,26). The number of benzene rings is 1. The van der Waals surface area contributed by atoms with E-state index in [0.717, 1.165) is 17.2 Å². The number of hydrogen-bond acceptors (Lipinski definition) is 3. The van der Waals surface area contributed by atoms with Crippen molar-refractivity contribution in [1.82, 2.24) is 9.88 Å². The van der Waals surface area contributed by atoms with E-state index in [2.05, 4.69) is 27.5 Å². The van der Waals surface area contributed by atoms with E-state index in [4.69, 9.17) is 4.42 Å². The van der Waals surface area contributed by atoms with Crippen LogP contribution in [0.15, 0.2) is 47.2 Å². The van der Waals surface area contributed by atoms with Gasteiger partial charge in [0.1, 0.15) is 0 Å². The number of H-pyrrole nitrogens is 1. The van der Waals surface area contributed by atoms with Crippen LogP contribution in [-0.4, -0.2) is 34.9 Å². The first-order chi connectivity index (χ1) is 13.3. The number of amides is 1. The predicted molar refractivity (Wildman–Crippen MR) is 106 cm³/mol. The van der Waals surface area contributed by atoms with E-state index in [0.29, 0.717) is 11.7 Å². The zero-order valence-electron chi connectivity index (χ0n) is 15.4. The van der Waals surface area contributed by atoms with Gasteiger partial charge in [-0.05, 0) is 80.6 Å². The SMILES string of the molecule is O=C(Nc1ccc2[nH]cc(C3CCN4CCCCC4C3)c2c1)c1ccco1. The lowest BCUT2D eigenvalue weighted by Crippen LogP contribution is -2.44. The molecular weight excluding hydrogens is 338 g/mol. The zero-order valence-corrected chi connectivity index (χ0v) is 15.4. The van der Waals surface area contributed by atoms with Crippen LogP contribution in [0, 0.1) is 0 Å². The van der Waals surface area contributed by atoms with Gasteiger partial charge in [-0.15, -0.1) is 0 Å². The molecule has 4 heterocycles. The van der Waals surface area contributed by atoms with Gasteiger partial charge in [0.25, 0.3) is 5.91 Å². The van der Waals surface area contributed by atoms with E-state index in [9.17, 15) is 4.79 Å². The van der Waals surface area contributed by atoms with E-state index < -0.39 is 0 Å². The molecule has 0 saturated carbocycles. The van der Waals surface area contributed by atoms with Crippen LogP contribution in [0.3, 0.4) is 0 Å². The minimum Gasteiger partial charge on any atom is -0.459 e. The molecule has 2 atom stereocenters. The summed E-state index contributed by atoms with van der Waals surface area (Å²) in [6, 6.07) is 10.2. The molecule has 2 saturated heterocycles. The van der Waals surface area contributed by atoms with Crippen LogP contribution in [-0.2, 0) is 0 Å². The molecule has 2 aliphatic rings. The fourth-order valence-electron chi connectivity index (χ4n) is 4.83. The molecule has 2 aliphatic heterocycles. The molecule has 1 aromatic carbocycles. The second kappa shape index (κ2) is 6.89. The Labute approximate surface area is 158 Å². The maximum absolute atomic E-state index is 12.3. The zero-order chi connectivity index (χ0) is 18.2. The predicted octanol–water partition coefficient (Wildman–Crippen LogP) is 4.75. The quantitative estimate of drug-likeness (QED) is 0.706. The normalized spacial score (nSPS) is 23.3. The molecule has 2 aromatic heterocycles. The van der Waals surface area contributed by atoms with Crippen molar-refractivity contribution in [2.75, 3.05) is 18.4 Å². The molecule has 3 aromatic rings. The Morgan fingerprint density at radius 1 is 1.19 bits per heavy atom. The lowest BCUT2D eigenvalue weighted by molar-refractivity contribution is 0.0977. The number of aromatic nitrogens is 1. The molecule has 5 heteroatoms. The van der Waals surface area contributed by atoms with Crippen molar-refractivity contribution in [2.24, 2.45) is 0 Å². The van der Waals surface area contributed by atoms with E-state index in [1.54, 1.807) is 12.1 Å².